The van der Waals surface area contributed by atoms with Crippen molar-refractivity contribution in [2.45, 2.75) is 13.0 Å². The van der Waals surface area contributed by atoms with E-state index in [0.29, 0.717) is 12.3 Å². The van der Waals surface area contributed by atoms with Crippen molar-refractivity contribution in [1.29, 1.82) is 0 Å². The van der Waals surface area contributed by atoms with Gasteiger partial charge in [0.25, 0.3) is 0 Å². The van der Waals surface area contributed by atoms with Crippen LogP contribution in [0.1, 0.15) is 12.0 Å². The summed E-state index contributed by atoms with van der Waals surface area (Å²) in [7, 11) is 0. The van der Waals surface area contributed by atoms with Gasteiger partial charge in [-0.2, -0.15) is 8.78 Å². The molecule has 1 aromatic rings. The van der Waals surface area contributed by atoms with Crippen molar-refractivity contribution in [2.75, 3.05) is 5.88 Å². The first kappa shape index (κ1) is 12.7. The van der Waals surface area contributed by atoms with Gasteiger partial charge in [-0.05, 0) is 18.2 Å². The Balaban J connectivity index is 2.95. The van der Waals surface area contributed by atoms with Crippen molar-refractivity contribution in [3.8, 4) is 17.6 Å². The second-order valence-corrected chi connectivity index (χ2v) is 3.14. The van der Waals surface area contributed by atoms with Crippen molar-refractivity contribution < 1.29 is 17.9 Å². The summed E-state index contributed by atoms with van der Waals surface area (Å²) in [6.07, 6.45) is 0.395. The molecule has 0 saturated heterocycles. The third-order valence-corrected chi connectivity index (χ3v) is 1.79. The highest BCUT2D eigenvalue weighted by molar-refractivity contribution is 6.18. The maximum absolute atomic E-state index is 12.9. The normalized spacial score (nSPS) is 9.81. The molecule has 0 aliphatic carbocycles. The smallest absolute Gasteiger partial charge is 0.387 e. The molecule has 0 N–H and O–H groups in total. The van der Waals surface area contributed by atoms with Crippen LogP contribution in [-0.2, 0) is 0 Å². The highest BCUT2D eigenvalue weighted by Crippen LogP contribution is 2.20. The van der Waals surface area contributed by atoms with Gasteiger partial charge in [0.05, 0.1) is 5.56 Å². The van der Waals surface area contributed by atoms with Crippen molar-refractivity contribution in [2.24, 2.45) is 0 Å². The van der Waals surface area contributed by atoms with Crippen LogP contribution in [0.2, 0.25) is 0 Å². The molecule has 5 heteroatoms. The van der Waals surface area contributed by atoms with Gasteiger partial charge >= 0.3 is 6.61 Å². The van der Waals surface area contributed by atoms with Gasteiger partial charge in [0.2, 0.25) is 0 Å². The first-order valence-corrected chi connectivity index (χ1v) is 4.96. The molecule has 86 valence electrons. The van der Waals surface area contributed by atoms with Crippen molar-refractivity contribution in [1.82, 2.24) is 0 Å². The number of hydrogen-bond acceptors (Lipinski definition) is 1. The van der Waals surface area contributed by atoms with Crippen molar-refractivity contribution in [3.63, 3.8) is 0 Å². The van der Waals surface area contributed by atoms with Gasteiger partial charge in [0.1, 0.15) is 11.6 Å². The van der Waals surface area contributed by atoms with E-state index in [1.165, 1.54) is 0 Å². The molecule has 0 unspecified atom stereocenters. The van der Waals surface area contributed by atoms with Gasteiger partial charge in [-0.1, -0.05) is 11.8 Å². The van der Waals surface area contributed by atoms with E-state index >= 15 is 0 Å². The lowest BCUT2D eigenvalue weighted by Gasteiger charge is -2.06. The number of benzene rings is 1. The van der Waals surface area contributed by atoms with Gasteiger partial charge in [-0.15, -0.1) is 11.6 Å². The average molecular weight is 249 g/mol. The zero-order valence-electron chi connectivity index (χ0n) is 8.14. The zero-order valence-corrected chi connectivity index (χ0v) is 8.90. The molecule has 1 rings (SSSR count). The Kier molecular flexibility index (Phi) is 5.00. The standard InChI is InChI=1S/C11H8ClF3O/c12-6-2-1-3-8-7-9(13)4-5-10(8)16-11(14)15/h4-5,7,11H,2,6H2. The Morgan fingerprint density at radius 2 is 2.12 bits per heavy atom. The molecule has 16 heavy (non-hydrogen) atoms. The van der Waals surface area contributed by atoms with Crippen LogP contribution in [0.25, 0.3) is 0 Å². The van der Waals surface area contributed by atoms with Crippen molar-refractivity contribution in [3.05, 3.63) is 29.6 Å². The Morgan fingerprint density at radius 3 is 2.75 bits per heavy atom. The summed E-state index contributed by atoms with van der Waals surface area (Å²) in [6, 6.07) is 3.19. The molecule has 0 saturated carbocycles. The van der Waals surface area contributed by atoms with Crippen LogP contribution in [0.5, 0.6) is 5.75 Å². The number of rotatable bonds is 3. The number of ether oxygens (including phenoxy) is 1. The largest absolute Gasteiger partial charge is 0.433 e. The minimum atomic E-state index is -2.96. The molecule has 1 aromatic carbocycles. The summed E-state index contributed by atoms with van der Waals surface area (Å²) in [6.45, 7) is -2.96. The molecule has 0 radical (unpaired) electrons. The number of hydrogen-bond donors (Lipinski definition) is 0. The lowest BCUT2D eigenvalue weighted by atomic mass is 10.2. The molecule has 0 bridgehead atoms. The minimum absolute atomic E-state index is 0.0883. The molecular weight excluding hydrogens is 241 g/mol. The van der Waals surface area contributed by atoms with E-state index in [0.717, 1.165) is 18.2 Å². The third-order valence-electron chi connectivity index (χ3n) is 1.60. The Labute approximate surface area is 96.2 Å². The van der Waals surface area contributed by atoms with Gasteiger partial charge in [-0.3, -0.25) is 0 Å². The molecule has 0 fully saturated rings. The lowest BCUT2D eigenvalue weighted by Crippen LogP contribution is -2.03. The Hall–Kier alpha value is -1.34. The van der Waals surface area contributed by atoms with Crippen molar-refractivity contribution >= 4 is 11.6 Å². The molecule has 1 nitrogen and oxygen atoms in total. The summed E-state index contributed by atoms with van der Waals surface area (Å²) in [5, 5.41) is 0. The first-order chi connectivity index (χ1) is 7.63. The van der Waals surface area contributed by atoms with E-state index in [2.05, 4.69) is 16.6 Å². The number of halogens is 4. The predicted octanol–water partition coefficient (Wildman–Crippen LogP) is 3.41. The van der Waals surface area contributed by atoms with Gasteiger partial charge in [0, 0.05) is 12.3 Å². The second-order valence-electron chi connectivity index (χ2n) is 2.76. The van der Waals surface area contributed by atoms with E-state index in [4.69, 9.17) is 11.6 Å². The van der Waals surface area contributed by atoms with Crippen LogP contribution in [0.4, 0.5) is 13.2 Å². The molecule has 0 heterocycles. The van der Waals surface area contributed by atoms with E-state index in [9.17, 15) is 13.2 Å². The third kappa shape index (κ3) is 4.03. The zero-order chi connectivity index (χ0) is 12.0. The predicted molar refractivity (Wildman–Crippen MR) is 55.2 cm³/mol. The van der Waals surface area contributed by atoms with Gasteiger partial charge in [0.15, 0.2) is 0 Å². The highest BCUT2D eigenvalue weighted by Gasteiger charge is 2.08. The van der Waals surface area contributed by atoms with E-state index in [1.54, 1.807) is 0 Å². The van der Waals surface area contributed by atoms with E-state index in [1.807, 2.05) is 0 Å². The van der Waals surface area contributed by atoms with Crippen LogP contribution < -0.4 is 4.74 Å². The minimum Gasteiger partial charge on any atom is -0.433 e. The fourth-order valence-electron chi connectivity index (χ4n) is 1.00. The summed E-state index contributed by atoms with van der Waals surface area (Å²) in [5.41, 5.74) is 0.0883. The first-order valence-electron chi connectivity index (χ1n) is 4.42. The summed E-state index contributed by atoms with van der Waals surface area (Å²) in [4.78, 5) is 0. The highest BCUT2D eigenvalue weighted by atomic mass is 35.5. The van der Waals surface area contributed by atoms with E-state index in [-0.39, 0.29) is 11.3 Å². The van der Waals surface area contributed by atoms with Crippen LogP contribution in [0, 0.1) is 17.7 Å². The maximum Gasteiger partial charge on any atom is 0.387 e. The summed E-state index contributed by atoms with van der Waals surface area (Å²) < 4.78 is 41.1. The summed E-state index contributed by atoms with van der Waals surface area (Å²) >= 11 is 5.40. The van der Waals surface area contributed by atoms with Gasteiger partial charge < -0.3 is 4.74 Å². The monoisotopic (exact) mass is 248 g/mol. The Bertz CT molecular complexity index is 409. The molecule has 0 aromatic heterocycles. The average Bonchev–Trinajstić information content (AvgIpc) is 2.22. The molecule has 0 spiro atoms. The molecule has 0 aliphatic heterocycles. The SMILES string of the molecule is Fc1ccc(OC(F)F)c(C#CCCCl)c1. The van der Waals surface area contributed by atoms with Crippen LogP contribution in [-0.4, -0.2) is 12.5 Å². The molecular formula is C11H8ClF3O. The van der Waals surface area contributed by atoms with Crippen LogP contribution in [0.3, 0.4) is 0 Å². The van der Waals surface area contributed by atoms with E-state index < -0.39 is 12.4 Å². The molecule has 0 amide bonds. The molecule has 0 atom stereocenters. The lowest BCUT2D eigenvalue weighted by molar-refractivity contribution is -0.0500. The van der Waals surface area contributed by atoms with Gasteiger partial charge in [-0.25, -0.2) is 4.39 Å². The van der Waals surface area contributed by atoms with Crippen LogP contribution in [0.15, 0.2) is 18.2 Å². The topological polar surface area (TPSA) is 9.23 Å². The fraction of sp³-hybridized carbons (Fsp3) is 0.273. The maximum atomic E-state index is 12.9. The van der Waals surface area contributed by atoms with Crippen LogP contribution >= 0.6 is 11.6 Å². The quantitative estimate of drug-likeness (QED) is 0.588. The summed E-state index contributed by atoms with van der Waals surface area (Å²) in [5.74, 6) is 4.77. The number of alkyl halides is 3. The fourth-order valence-corrected chi connectivity index (χ4v) is 1.10. The molecule has 0 aliphatic rings. The second kappa shape index (κ2) is 6.29. The Morgan fingerprint density at radius 1 is 1.38 bits per heavy atom.